The van der Waals surface area contributed by atoms with E-state index in [2.05, 4.69) is 76.8 Å². The summed E-state index contributed by atoms with van der Waals surface area (Å²) >= 11 is 0. The molecule has 2 aromatic carbocycles. The molecule has 0 unspecified atom stereocenters. The average Bonchev–Trinajstić information content (AvgIpc) is 3.15. The number of anilines is 4. The smallest absolute Gasteiger partial charge is 0.236 e. The summed E-state index contributed by atoms with van der Waals surface area (Å²) < 4.78 is 0. The number of aliphatic hydroxyl groups excluding tert-OH is 1. The minimum Gasteiger partial charge on any atom is -0.392 e. The number of benzene rings is 2. The Balaban J connectivity index is 1.20. The maximum atomic E-state index is 13.0. The minimum atomic E-state index is -0.567. The second-order valence-corrected chi connectivity index (χ2v) is 10.4. The first-order chi connectivity index (χ1) is 17.9. The van der Waals surface area contributed by atoms with Crippen LogP contribution in [0.3, 0.4) is 0 Å². The summed E-state index contributed by atoms with van der Waals surface area (Å²) in [7, 11) is 0. The van der Waals surface area contributed by atoms with Crippen molar-refractivity contribution in [2.24, 2.45) is 0 Å². The molecule has 188 valence electrons. The van der Waals surface area contributed by atoms with E-state index in [1.165, 1.54) is 11.1 Å². The quantitative estimate of drug-likeness (QED) is 0.358. The van der Waals surface area contributed by atoms with Crippen molar-refractivity contribution < 1.29 is 9.90 Å². The van der Waals surface area contributed by atoms with Gasteiger partial charge in [0.2, 0.25) is 5.91 Å². The summed E-state index contributed by atoms with van der Waals surface area (Å²) in [6, 6.07) is 16.9. The zero-order chi connectivity index (χ0) is 25.7. The Labute approximate surface area is 216 Å². The fourth-order valence-electron chi connectivity index (χ4n) is 5.87. The van der Waals surface area contributed by atoms with Gasteiger partial charge in [-0.05, 0) is 87.2 Å². The van der Waals surface area contributed by atoms with Gasteiger partial charge in [0.05, 0.1) is 17.5 Å². The summed E-state index contributed by atoms with van der Waals surface area (Å²) in [4.78, 5) is 24.4. The van der Waals surface area contributed by atoms with E-state index in [9.17, 15) is 9.90 Å². The molecule has 1 spiro atoms. The number of piperidine rings is 1. The summed E-state index contributed by atoms with van der Waals surface area (Å²) in [5.41, 5.74) is 8.74. The second kappa shape index (κ2) is 8.85. The van der Waals surface area contributed by atoms with Crippen molar-refractivity contribution in [2.75, 3.05) is 28.6 Å². The number of carbonyl (C=O) groups is 1. The Morgan fingerprint density at radius 2 is 1.81 bits per heavy atom. The number of aromatic nitrogens is 2. The topological polar surface area (TPSA) is 90.4 Å². The molecule has 0 aliphatic carbocycles. The number of hydrogen-bond donors (Lipinski definition) is 3. The zero-order valence-electron chi connectivity index (χ0n) is 21.4. The molecule has 4 heterocycles. The maximum absolute atomic E-state index is 13.0. The third kappa shape index (κ3) is 4.00. The van der Waals surface area contributed by atoms with E-state index in [0.717, 1.165) is 57.9 Å². The lowest BCUT2D eigenvalue weighted by Gasteiger charge is -2.39. The van der Waals surface area contributed by atoms with Crippen LogP contribution in [0.15, 0.2) is 54.7 Å². The normalized spacial score (nSPS) is 16.2. The standard InChI is InChI=1S/C30H31N5O2/c1-18-12-19(2)27-24(13-18)26(14-20(3)32-27)33-22-4-6-23(7-5-22)35-10-8-30(9-11-35)25-15-21(17-36)16-31-28(25)34-29(30)37/h4-7,12-16,36H,8-11,17H2,1-3H3,(H,32,33)(H,31,34,37). The number of nitrogens with one attached hydrogen (secondary N) is 2. The highest BCUT2D eigenvalue weighted by molar-refractivity contribution is 6.05. The molecule has 37 heavy (non-hydrogen) atoms. The van der Waals surface area contributed by atoms with Gasteiger partial charge in [-0.2, -0.15) is 0 Å². The Hall–Kier alpha value is -3.97. The van der Waals surface area contributed by atoms with E-state index in [0.29, 0.717) is 18.7 Å². The third-order valence-electron chi connectivity index (χ3n) is 7.81. The van der Waals surface area contributed by atoms with Gasteiger partial charge in [0, 0.05) is 53.0 Å². The number of fused-ring (bicyclic) bond motifs is 3. The number of amides is 1. The highest BCUT2D eigenvalue weighted by Gasteiger charge is 2.49. The van der Waals surface area contributed by atoms with Crippen molar-refractivity contribution in [3.63, 3.8) is 0 Å². The van der Waals surface area contributed by atoms with Crippen molar-refractivity contribution in [3.05, 3.63) is 82.7 Å². The van der Waals surface area contributed by atoms with E-state index in [1.807, 2.05) is 13.0 Å². The molecule has 1 amide bonds. The summed E-state index contributed by atoms with van der Waals surface area (Å²) in [5.74, 6) is 0.657. The average molecular weight is 494 g/mol. The first kappa shape index (κ1) is 23.4. The Morgan fingerprint density at radius 1 is 1.05 bits per heavy atom. The van der Waals surface area contributed by atoms with Gasteiger partial charge in [-0.25, -0.2) is 4.98 Å². The Bertz CT molecular complexity index is 1520. The van der Waals surface area contributed by atoms with Crippen LogP contribution >= 0.6 is 0 Å². The summed E-state index contributed by atoms with van der Waals surface area (Å²) in [6.45, 7) is 7.72. The number of rotatable bonds is 4. The molecule has 0 bridgehead atoms. The molecular weight excluding hydrogens is 462 g/mol. The number of aryl methyl sites for hydroxylation is 3. The van der Waals surface area contributed by atoms with Crippen LogP contribution in [0, 0.1) is 20.8 Å². The van der Waals surface area contributed by atoms with Crippen LogP contribution in [0.2, 0.25) is 0 Å². The third-order valence-corrected chi connectivity index (χ3v) is 7.81. The highest BCUT2D eigenvalue weighted by Crippen LogP contribution is 2.45. The lowest BCUT2D eigenvalue weighted by atomic mass is 9.74. The fourth-order valence-corrected chi connectivity index (χ4v) is 5.87. The van der Waals surface area contributed by atoms with Crippen molar-refractivity contribution >= 4 is 39.7 Å². The molecule has 2 aliphatic heterocycles. The minimum absolute atomic E-state index is 0.0228. The van der Waals surface area contributed by atoms with Gasteiger partial charge in [0.15, 0.2) is 0 Å². The number of nitrogens with zero attached hydrogens (tertiary/aromatic N) is 3. The summed E-state index contributed by atoms with van der Waals surface area (Å²) in [6.07, 6.45) is 3.05. The molecule has 0 radical (unpaired) electrons. The van der Waals surface area contributed by atoms with Gasteiger partial charge in [-0.3, -0.25) is 9.78 Å². The molecule has 0 atom stereocenters. The van der Waals surface area contributed by atoms with E-state index in [1.54, 1.807) is 6.20 Å². The van der Waals surface area contributed by atoms with Crippen molar-refractivity contribution in [2.45, 2.75) is 45.6 Å². The van der Waals surface area contributed by atoms with Gasteiger partial charge >= 0.3 is 0 Å². The lowest BCUT2D eigenvalue weighted by molar-refractivity contribution is -0.121. The van der Waals surface area contributed by atoms with E-state index < -0.39 is 5.41 Å². The SMILES string of the molecule is Cc1cc(C)c2nc(C)cc(Nc3ccc(N4CCC5(CC4)C(=O)Nc4ncc(CO)cc45)cc3)c2c1. The lowest BCUT2D eigenvalue weighted by Crippen LogP contribution is -2.46. The molecule has 2 aliphatic rings. The monoisotopic (exact) mass is 493 g/mol. The van der Waals surface area contributed by atoms with Gasteiger partial charge in [-0.1, -0.05) is 11.6 Å². The molecule has 1 fully saturated rings. The highest BCUT2D eigenvalue weighted by atomic mass is 16.3. The fraction of sp³-hybridized carbons (Fsp3) is 0.300. The molecule has 7 nitrogen and oxygen atoms in total. The van der Waals surface area contributed by atoms with Gasteiger partial charge in [-0.15, -0.1) is 0 Å². The number of pyridine rings is 2. The molecule has 6 rings (SSSR count). The molecule has 0 saturated carbocycles. The van der Waals surface area contributed by atoms with Crippen LogP contribution in [0.4, 0.5) is 22.9 Å². The van der Waals surface area contributed by atoms with Crippen molar-refractivity contribution in [1.29, 1.82) is 0 Å². The van der Waals surface area contributed by atoms with Crippen molar-refractivity contribution in [3.8, 4) is 0 Å². The summed E-state index contributed by atoms with van der Waals surface area (Å²) in [5, 5.41) is 17.2. The van der Waals surface area contributed by atoms with Crippen LogP contribution in [-0.4, -0.2) is 34.1 Å². The predicted octanol–water partition coefficient (Wildman–Crippen LogP) is 5.28. The number of hydrogen-bond acceptors (Lipinski definition) is 6. The maximum Gasteiger partial charge on any atom is 0.236 e. The number of carbonyl (C=O) groups excluding carboxylic acids is 1. The Kier molecular flexibility index (Phi) is 5.60. The zero-order valence-corrected chi connectivity index (χ0v) is 21.4. The van der Waals surface area contributed by atoms with Crippen LogP contribution in [0.25, 0.3) is 10.9 Å². The second-order valence-electron chi connectivity index (χ2n) is 10.4. The molecule has 2 aromatic heterocycles. The van der Waals surface area contributed by atoms with Crippen LogP contribution in [0.5, 0.6) is 0 Å². The predicted molar refractivity (Wildman–Crippen MR) is 148 cm³/mol. The Morgan fingerprint density at radius 3 is 2.54 bits per heavy atom. The first-order valence-corrected chi connectivity index (χ1v) is 12.8. The van der Waals surface area contributed by atoms with Gasteiger partial charge in [0.25, 0.3) is 0 Å². The molecule has 3 N–H and O–H groups in total. The van der Waals surface area contributed by atoms with Crippen LogP contribution < -0.4 is 15.5 Å². The van der Waals surface area contributed by atoms with Crippen LogP contribution in [-0.2, 0) is 16.8 Å². The van der Waals surface area contributed by atoms with E-state index in [-0.39, 0.29) is 12.5 Å². The van der Waals surface area contributed by atoms with Gasteiger partial charge < -0.3 is 20.6 Å². The van der Waals surface area contributed by atoms with E-state index in [4.69, 9.17) is 4.98 Å². The molecular formula is C30H31N5O2. The molecule has 7 heteroatoms. The molecule has 4 aromatic rings. The number of aliphatic hydroxyl groups is 1. The van der Waals surface area contributed by atoms with Gasteiger partial charge in [0.1, 0.15) is 5.82 Å². The first-order valence-electron chi connectivity index (χ1n) is 12.8. The molecule has 1 saturated heterocycles. The largest absolute Gasteiger partial charge is 0.392 e. The van der Waals surface area contributed by atoms with E-state index >= 15 is 0 Å². The van der Waals surface area contributed by atoms with Crippen LogP contribution in [0.1, 0.15) is 40.8 Å². The van der Waals surface area contributed by atoms with Crippen molar-refractivity contribution in [1.82, 2.24) is 9.97 Å².